The number of carbonyl (C=O) groups excluding carboxylic acids is 1. The van der Waals surface area contributed by atoms with Gasteiger partial charge in [0, 0.05) is 31.9 Å². The van der Waals surface area contributed by atoms with Gasteiger partial charge in [-0.15, -0.1) is 0 Å². The molecule has 2 aliphatic rings. The topological polar surface area (TPSA) is 87.6 Å². The first-order chi connectivity index (χ1) is 15.7. The van der Waals surface area contributed by atoms with Crippen LogP contribution in [-0.4, -0.2) is 56.7 Å². The molecular weight excluding hydrogens is 404 g/mol. The number of nitrogens with zero attached hydrogens (tertiary/aromatic N) is 3. The lowest BCUT2D eigenvalue weighted by molar-refractivity contribution is 0.00258. The van der Waals surface area contributed by atoms with Crippen LogP contribution in [0.4, 0.5) is 0 Å². The van der Waals surface area contributed by atoms with E-state index in [0.717, 1.165) is 19.5 Å². The van der Waals surface area contributed by atoms with Gasteiger partial charge in [-0.3, -0.25) is 14.7 Å². The number of hydrogen-bond acceptors (Lipinski definition) is 6. The predicted octanol–water partition coefficient (Wildman–Crippen LogP) is 2.21. The monoisotopic (exact) mass is 430 g/mol. The summed E-state index contributed by atoms with van der Waals surface area (Å²) in [7, 11) is 0. The van der Waals surface area contributed by atoms with Gasteiger partial charge in [-0.05, 0) is 29.7 Å². The van der Waals surface area contributed by atoms with E-state index in [1.807, 2.05) is 36.4 Å². The Hall–Kier alpha value is -3.29. The van der Waals surface area contributed by atoms with Crippen LogP contribution >= 0.6 is 0 Å². The SMILES string of the molecule is O=C(N[C@@H]1C[C@@H](Oc2ccccc2)[C@H](O)[C@H]1N1CCc2ccccc2C1)c1cnccn1. The molecule has 1 aliphatic carbocycles. The number of aromatic nitrogens is 2. The number of aliphatic hydroxyl groups is 1. The third-order valence-corrected chi connectivity index (χ3v) is 6.35. The van der Waals surface area contributed by atoms with Gasteiger partial charge in [0.15, 0.2) is 0 Å². The minimum Gasteiger partial charge on any atom is -0.488 e. The largest absolute Gasteiger partial charge is 0.488 e. The van der Waals surface area contributed by atoms with Crippen molar-refractivity contribution in [2.45, 2.75) is 43.7 Å². The van der Waals surface area contributed by atoms with E-state index >= 15 is 0 Å². The van der Waals surface area contributed by atoms with Crippen LogP contribution in [0.15, 0.2) is 73.2 Å². The number of benzene rings is 2. The van der Waals surface area contributed by atoms with Gasteiger partial charge in [-0.25, -0.2) is 4.98 Å². The fourth-order valence-electron chi connectivity index (χ4n) is 4.82. The lowest BCUT2D eigenvalue weighted by Gasteiger charge is -2.38. The number of rotatable bonds is 5. The zero-order valence-electron chi connectivity index (χ0n) is 17.7. The van der Waals surface area contributed by atoms with Crippen LogP contribution in [0.5, 0.6) is 5.75 Å². The molecule has 32 heavy (non-hydrogen) atoms. The maximum Gasteiger partial charge on any atom is 0.271 e. The highest BCUT2D eigenvalue weighted by molar-refractivity contribution is 5.92. The number of aliphatic hydroxyl groups excluding tert-OH is 1. The van der Waals surface area contributed by atoms with Crippen molar-refractivity contribution in [2.75, 3.05) is 6.54 Å². The van der Waals surface area contributed by atoms with E-state index in [1.54, 1.807) is 0 Å². The third-order valence-electron chi connectivity index (χ3n) is 6.35. The number of nitrogens with one attached hydrogen (secondary N) is 1. The first-order valence-electron chi connectivity index (χ1n) is 11.0. The van der Waals surface area contributed by atoms with Gasteiger partial charge in [-0.1, -0.05) is 42.5 Å². The number of fused-ring (bicyclic) bond motifs is 1. The molecule has 1 aliphatic heterocycles. The Kier molecular flexibility index (Phi) is 5.83. The standard InChI is InChI=1S/C25H26N4O3/c30-24-22(32-19-8-2-1-3-9-19)14-20(28-25(31)21-15-26-11-12-27-21)23(24)29-13-10-17-6-4-5-7-18(17)16-29/h1-9,11-12,15,20,22-24,30H,10,13-14,16H2,(H,28,31)/t20-,22-,23+,24+/m1/s1. The van der Waals surface area contributed by atoms with Gasteiger partial charge >= 0.3 is 0 Å². The Morgan fingerprint density at radius 2 is 1.84 bits per heavy atom. The molecule has 5 rings (SSSR count). The summed E-state index contributed by atoms with van der Waals surface area (Å²) in [6.45, 7) is 1.54. The van der Waals surface area contributed by atoms with E-state index in [2.05, 4.69) is 38.4 Å². The van der Waals surface area contributed by atoms with Gasteiger partial charge in [0.25, 0.3) is 5.91 Å². The van der Waals surface area contributed by atoms with Crippen LogP contribution in [0, 0.1) is 0 Å². The Labute approximate surface area is 187 Å². The van der Waals surface area contributed by atoms with Crippen molar-refractivity contribution in [3.8, 4) is 5.75 Å². The second-order valence-corrected chi connectivity index (χ2v) is 8.35. The summed E-state index contributed by atoms with van der Waals surface area (Å²) >= 11 is 0. The molecule has 0 saturated heterocycles. The van der Waals surface area contributed by atoms with Gasteiger partial charge in [-0.2, -0.15) is 0 Å². The first-order valence-corrected chi connectivity index (χ1v) is 11.0. The van der Waals surface area contributed by atoms with E-state index in [0.29, 0.717) is 12.2 Å². The normalized spacial score (nSPS) is 25.2. The fourth-order valence-corrected chi connectivity index (χ4v) is 4.82. The Bertz CT molecular complexity index is 1060. The molecule has 0 bridgehead atoms. The lowest BCUT2D eigenvalue weighted by atomic mass is 9.97. The van der Waals surface area contributed by atoms with Crippen molar-refractivity contribution in [3.05, 3.63) is 90.0 Å². The first kappa shape index (κ1) is 20.6. The molecule has 2 N–H and O–H groups in total. The molecule has 2 aromatic carbocycles. The Morgan fingerprint density at radius 3 is 2.62 bits per heavy atom. The van der Waals surface area contributed by atoms with Crippen LogP contribution in [0.3, 0.4) is 0 Å². The molecule has 0 spiro atoms. The van der Waals surface area contributed by atoms with Crippen LogP contribution in [0.25, 0.3) is 0 Å². The maximum absolute atomic E-state index is 12.8. The molecule has 0 radical (unpaired) electrons. The van der Waals surface area contributed by atoms with E-state index in [1.165, 1.54) is 29.7 Å². The highest BCUT2D eigenvalue weighted by atomic mass is 16.5. The summed E-state index contributed by atoms with van der Waals surface area (Å²) < 4.78 is 6.14. The van der Waals surface area contributed by atoms with Crippen molar-refractivity contribution in [1.29, 1.82) is 0 Å². The highest BCUT2D eigenvalue weighted by Gasteiger charge is 2.48. The molecule has 1 saturated carbocycles. The van der Waals surface area contributed by atoms with Gasteiger partial charge < -0.3 is 15.2 Å². The van der Waals surface area contributed by atoms with Crippen molar-refractivity contribution in [2.24, 2.45) is 0 Å². The lowest BCUT2D eigenvalue weighted by Crippen LogP contribution is -2.54. The Balaban J connectivity index is 1.39. The second-order valence-electron chi connectivity index (χ2n) is 8.35. The molecule has 7 nitrogen and oxygen atoms in total. The minimum absolute atomic E-state index is 0.261. The summed E-state index contributed by atoms with van der Waals surface area (Å²) in [5, 5.41) is 14.4. The number of hydrogen-bond donors (Lipinski definition) is 2. The highest BCUT2D eigenvalue weighted by Crippen LogP contribution is 2.32. The van der Waals surface area contributed by atoms with E-state index in [-0.39, 0.29) is 23.7 Å². The number of para-hydroxylation sites is 1. The molecule has 164 valence electrons. The molecule has 1 amide bonds. The van der Waals surface area contributed by atoms with Crippen LogP contribution < -0.4 is 10.1 Å². The molecular formula is C25H26N4O3. The summed E-state index contributed by atoms with van der Waals surface area (Å²) in [6, 6.07) is 17.3. The van der Waals surface area contributed by atoms with Crippen LogP contribution in [0.2, 0.25) is 0 Å². The van der Waals surface area contributed by atoms with E-state index < -0.39 is 12.2 Å². The van der Waals surface area contributed by atoms with E-state index in [4.69, 9.17) is 4.74 Å². The maximum atomic E-state index is 12.8. The quantitative estimate of drug-likeness (QED) is 0.645. The number of ether oxygens (including phenoxy) is 1. The summed E-state index contributed by atoms with van der Waals surface area (Å²) in [5.41, 5.74) is 2.86. The molecule has 3 aromatic rings. The molecule has 7 heteroatoms. The Morgan fingerprint density at radius 1 is 1.06 bits per heavy atom. The van der Waals surface area contributed by atoms with Crippen LogP contribution in [0.1, 0.15) is 28.0 Å². The van der Waals surface area contributed by atoms with Crippen LogP contribution in [-0.2, 0) is 13.0 Å². The smallest absolute Gasteiger partial charge is 0.271 e. The molecule has 2 heterocycles. The van der Waals surface area contributed by atoms with Crippen molar-refractivity contribution >= 4 is 5.91 Å². The predicted molar refractivity (Wildman–Crippen MR) is 119 cm³/mol. The van der Waals surface area contributed by atoms with Crippen molar-refractivity contribution < 1.29 is 14.6 Å². The summed E-state index contributed by atoms with van der Waals surface area (Å²) in [4.78, 5) is 23.2. The third kappa shape index (κ3) is 4.22. The van der Waals surface area contributed by atoms with E-state index in [9.17, 15) is 9.90 Å². The van der Waals surface area contributed by atoms with Gasteiger partial charge in [0.2, 0.25) is 0 Å². The zero-order valence-corrected chi connectivity index (χ0v) is 17.7. The summed E-state index contributed by atoms with van der Waals surface area (Å²) in [6.07, 6.45) is 4.73. The second kappa shape index (κ2) is 9.06. The average molecular weight is 431 g/mol. The summed E-state index contributed by atoms with van der Waals surface area (Å²) in [5.74, 6) is 0.415. The number of amides is 1. The molecule has 1 aromatic heterocycles. The van der Waals surface area contributed by atoms with Gasteiger partial charge in [0.1, 0.15) is 23.7 Å². The van der Waals surface area contributed by atoms with Crippen molar-refractivity contribution in [1.82, 2.24) is 20.2 Å². The zero-order chi connectivity index (χ0) is 21.9. The number of carbonyl (C=O) groups is 1. The molecule has 4 atom stereocenters. The fraction of sp³-hybridized carbons (Fsp3) is 0.320. The molecule has 1 fully saturated rings. The minimum atomic E-state index is -0.743. The molecule has 0 unspecified atom stereocenters. The van der Waals surface area contributed by atoms with Crippen molar-refractivity contribution in [3.63, 3.8) is 0 Å². The average Bonchev–Trinajstić information content (AvgIpc) is 3.14. The van der Waals surface area contributed by atoms with Gasteiger partial charge in [0.05, 0.1) is 18.3 Å².